The van der Waals surface area contributed by atoms with Crippen LogP contribution in [-0.4, -0.2) is 29.8 Å². The summed E-state index contributed by atoms with van der Waals surface area (Å²) in [6, 6.07) is 4.62. The molecule has 4 nitrogen and oxygen atoms in total. The summed E-state index contributed by atoms with van der Waals surface area (Å²) >= 11 is 11.7. The Bertz CT molecular complexity index is 499. The molecule has 1 aliphatic rings. The number of nitrogens with one attached hydrogen (secondary N) is 1. The zero-order chi connectivity index (χ0) is 14.0. The number of piperidine rings is 1. The molecule has 1 aromatic carbocycles. The van der Waals surface area contributed by atoms with Crippen molar-refractivity contribution in [3.63, 3.8) is 0 Å². The fourth-order valence-electron chi connectivity index (χ4n) is 2.03. The highest BCUT2D eigenvalue weighted by molar-refractivity contribution is 6.35. The average Bonchev–Trinajstić information content (AvgIpc) is 2.31. The first-order valence-electron chi connectivity index (χ1n) is 6.00. The summed E-state index contributed by atoms with van der Waals surface area (Å²) < 4.78 is 0. The highest BCUT2D eigenvalue weighted by atomic mass is 35.5. The lowest BCUT2D eigenvalue weighted by Crippen LogP contribution is -2.45. The van der Waals surface area contributed by atoms with Gasteiger partial charge in [-0.15, -0.1) is 0 Å². The average molecular weight is 301 g/mol. The minimum atomic E-state index is -0.238. The number of carbonyl (C=O) groups excluding carboxylic acids is 2. The van der Waals surface area contributed by atoms with Crippen LogP contribution in [0.25, 0.3) is 0 Å². The smallest absolute Gasteiger partial charge is 0.321 e. The van der Waals surface area contributed by atoms with E-state index in [1.807, 2.05) is 6.92 Å². The maximum atomic E-state index is 12.1. The molecule has 0 bridgehead atoms. The van der Waals surface area contributed by atoms with Crippen LogP contribution in [-0.2, 0) is 4.79 Å². The number of halogens is 2. The number of carbonyl (C=O) groups is 2. The minimum absolute atomic E-state index is 0.109. The number of rotatable bonds is 1. The normalized spacial score (nSPS) is 19.4. The van der Waals surface area contributed by atoms with Crippen molar-refractivity contribution in [3.8, 4) is 0 Å². The molecule has 1 N–H and O–H groups in total. The Labute approximate surface area is 121 Å². The van der Waals surface area contributed by atoms with Crippen molar-refractivity contribution in [3.05, 3.63) is 28.2 Å². The molecule has 1 aromatic rings. The Kier molecular flexibility index (Phi) is 4.32. The molecular weight excluding hydrogens is 287 g/mol. The van der Waals surface area contributed by atoms with Gasteiger partial charge >= 0.3 is 6.03 Å². The molecule has 2 amide bonds. The number of hydrogen-bond acceptors (Lipinski definition) is 2. The number of likely N-dealkylation sites (tertiary alicyclic amines) is 1. The van der Waals surface area contributed by atoms with Gasteiger partial charge in [-0.05, 0) is 18.2 Å². The summed E-state index contributed by atoms with van der Waals surface area (Å²) in [6.07, 6.45) is 0.408. The van der Waals surface area contributed by atoms with Crippen molar-refractivity contribution in [2.45, 2.75) is 13.3 Å². The van der Waals surface area contributed by atoms with E-state index in [1.165, 1.54) is 0 Å². The molecule has 1 atom stereocenters. The highest BCUT2D eigenvalue weighted by Crippen LogP contribution is 2.23. The van der Waals surface area contributed by atoms with Gasteiger partial charge in [0.05, 0.1) is 0 Å². The van der Waals surface area contributed by atoms with E-state index in [0.717, 1.165) is 0 Å². The maximum Gasteiger partial charge on any atom is 0.321 e. The van der Waals surface area contributed by atoms with Crippen LogP contribution in [0, 0.1) is 5.92 Å². The fraction of sp³-hybridized carbons (Fsp3) is 0.385. The van der Waals surface area contributed by atoms with Gasteiger partial charge in [-0.25, -0.2) is 4.79 Å². The number of anilines is 1. The summed E-state index contributed by atoms with van der Waals surface area (Å²) in [5.41, 5.74) is 0.548. The summed E-state index contributed by atoms with van der Waals surface area (Å²) in [4.78, 5) is 25.1. The standard InChI is InChI=1S/C13H14Cl2N2O2/c1-8-7-17(3-2-12(8)18)13(19)16-11-5-9(14)4-10(15)6-11/h4-6,8H,2-3,7H2,1H3,(H,16,19). The van der Waals surface area contributed by atoms with Crippen molar-refractivity contribution in [2.75, 3.05) is 18.4 Å². The molecule has 6 heteroatoms. The van der Waals surface area contributed by atoms with Crippen LogP contribution in [0.5, 0.6) is 0 Å². The second-order valence-corrected chi connectivity index (χ2v) is 5.52. The Morgan fingerprint density at radius 3 is 2.53 bits per heavy atom. The van der Waals surface area contributed by atoms with E-state index in [4.69, 9.17) is 23.2 Å². The van der Waals surface area contributed by atoms with Gasteiger partial charge < -0.3 is 10.2 Å². The van der Waals surface area contributed by atoms with Gasteiger partial charge in [0.15, 0.2) is 0 Å². The maximum absolute atomic E-state index is 12.1. The van der Waals surface area contributed by atoms with Gasteiger partial charge in [-0.1, -0.05) is 30.1 Å². The first-order valence-corrected chi connectivity index (χ1v) is 6.76. The molecule has 19 heavy (non-hydrogen) atoms. The topological polar surface area (TPSA) is 49.4 Å². The van der Waals surface area contributed by atoms with Gasteiger partial charge in [-0.3, -0.25) is 4.79 Å². The molecule has 1 fully saturated rings. The lowest BCUT2D eigenvalue weighted by atomic mass is 9.99. The van der Waals surface area contributed by atoms with Gasteiger partial charge in [-0.2, -0.15) is 0 Å². The van der Waals surface area contributed by atoms with E-state index >= 15 is 0 Å². The molecule has 0 aromatic heterocycles. The SMILES string of the molecule is CC1CN(C(=O)Nc2cc(Cl)cc(Cl)c2)CCC1=O. The number of nitrogens with zero attached hydrogens (tertiary/aromatic N) is 1. The molecule has 0 spiro atoms. The largest absolute Gasteiger partial charge is 0.323 e. The second kappa shape index (κ2) is 5.80. The van der Waals surface area contributed by atoms with E-state index in [-0.39, 0.29) is 17.7 Å². The number of Topliss-reactive ketones (excluding diaryl/α,β-unsaturated/α-hetero) is 1. The van der Waals surface area contributed by atoms with Crippen molar-refractivity contribution >= 4 is 40.7 Å². The van der Waals surface area contributed by atoms with Crippen LogP contribution in [0.4, 0.5) is 10.5 Å². The number of benzene rings is 1. The van der Waals surface area contributed by atoms with E-state index in [9.17, 15) is 9.59 Å². The number of urea groups is 1. The predicted octanol–water partition coefficient (Wildman–Crippen LogP) is 3.44. The Morgan fingerprint density at radius 1 is 1.32 bits per heavy atom. The molecule has 0 radical (unpaired) electrons. The zero-order valence-corrected chi connectivity index (χ0v) is 12.0. The van der Waals surface area contributed by atoms with Crippen molar-refractivity contribution in [1.82, 2.24) is 4.90 Å². The van der Waals surface area contributed by atoms with Crippen LogP contribution < -0.4 is 5.32 Å². The number of ketones is 1. The van der Waals surface area contributed by atoms with Gasteiger partial charge in [0.25, 0.3) is 0 Å². The fourth-order valence-corrected chi connectivity index (χ4v) is 2.55. The van der Waals surface area contributed by atoms with E-state index < -0.39 is 0 Å². The minimum Gasteiger partial charge on any atom is -0.323 e. The molecule has 1 unspecified atom stereocenters. The third-order valence-corrected chi connectivity index (χ3v) is 3.51. The Hall–Kier alpha value is -1.26. The van der Waals surface area contributed by atoms with E-state index in [0.29, 0.717) is 35.2 Å². The Morgan fingerprint density at radius 2 is 1.95 bits per heavy atom. The molecule has 102 valence electrons. The lowest BCUT2D eigenvalue weighted by molar-refractivity contribution is -0.124. The summed E-state index contributed by atoms with van der Waals surface area (Å²) in [7, 11) is 0. The van der Waals surface area contributed by atoms with Crippen LogP contribution in [0.2, 0.25) is 10.0 Å². The summed E-state index contributed by atoms with van der Waals surface area (Å²) in [5.74, 6) is 0.0947. The lowest BCUT2D eigenvalue weighted by Gasteiger charge is -2.30. The highest BCUT2D eigenvalue weighted by Gasteiger charge is 2.26. The number of hydrogen-bond donors (Lipinski definition) is 1. The molecule has 1 aliphatic heterocycles. The van der Waals surface area contributed by atoms with Crippen LogP contribution >= 0.6 is 23.2 Å². The predicted molar refractivity (Wildman–Crippen MR) is 75.8 cm³/mol. The first kappa shape index (κ1) is 14.2. The molecule has 2 rings (SSSR count). The second-order valence-electron chi connectivity index (χ2n) is 4.65. The molecule has 0 aliphatic carbocycles. The van der Waals surface area contributed by atoms with Crippen LogP contribution in [0.3, 0.4) is 0 Å². The van der Waals surface area contributed by atoms with Gasteiger partial charge in [0.1, 0.15) is 5.78 Å². The van der Waals surface area contributed by atoms with Crippen molar-refractivity contribution in [1.29, 1.82) is 0 Å². The molecule has 0 saturated carbocycles. The van der Waals surface area contributed by atoms with Gasteiger partial charge in [0.2, 0.25) is 0 Å². The van der Waals surface area contributed by atoms with Gasteiger partial charge in [0, 0.05) is 41.2 Å². The van der Waals surface area contributed by atoms with E-state index in [1.54, 1.807) is 23.1 Å². The summed E-state index contributed by atoms with van der Waals surface area (Å²) in [5, 5.41) is 3.66. The third-order valence-electron chi connectivity index (χ3n) is 3.07. The molecular formula is C13H14Cl2N2O2. The van der Waals surface area contributed by atoms with Crippen molar-refractivity contribution in [2.24, 2.45) is 5.92 Å². The number of amides is 2. The van der Waals surface area contributed by atoms with Crippen LogP contribution in [0.15, 0.2) is 18.2 Å². The van der Waals surface area contributed by atoms with Crippen LogP contribution in [0.1, 0.15) is 13.3 Å². The summed E-state index contributed by atoms with van der Waals surface area (Å²) in [6.45, 7) is 2.72. The van der Waals surface area contributed by atoms with E-state index in [2.05, 4.69) is 5.32 Å². The molecule has 1 saturated heterocycles. The zero-order valence-electron chi connectivity index (χ0n) is 10.5. The first-order chi connectivity index (χ1) is 8.95. The quantitative estimate of drug-likeness (QED) is 0.864. The van der Waals surface area contributed by atoms with Crippen molar-refractivity contribution < 1.29 is 9.59 Å². The third kappa shape index (κ3) is 3.61. The Balaban J connectivity index is 2.03. The molecule has 1 heterocycles. The monoisotopic (exact) mass is 300 g/mol.